The first kappa shape index (κ1) is 15.2. The smallest absolute Gasteiger partial charge is 0.262 e. The van der Waals surface area contributed by atoms with Gasteiger partial charge in [-0.05, 0) is 49.1 Å². The molecular formula is C16H17FN2O2. The fourth-order valence-corrected chi connectivity index (χ4v) is 2.18. The summed E-state index contributed by atoms with van der Waals surface area (Å²) in [5, 5.41) is 11.8. The fourth-order valence-electron chi connectivity index (χ4n) is 2.18. The molecule has 2 rings (SSSR count). The predicted molar refractivity (Wildman–Crippen MR) is 76.7 cm³/mol. The molecule has 110 valence electrons. The molecular weight excluding hydrogens is 271 g/mol. The lowest BCUT2D eigenvalue weighted by atomic mass is 10.1. The van der Waals surface area contributed by atoms with Gasteiger partial charge in [-0.25, -0.2) is 4.39 Å². The Morgan fingerprint density at radius 3 is 3.05 bits per heavy atom. The quantitative estimate of drug-likeness (QED) is 0.683. The Kier molecular flexibility index (Phi) is 5.07. The third-order valence-corrected chi connectivity index (χ3v) is 3.37. The van der Waals surface area contributed by atoms with Crippen molar-refractivity contribution in [2.75, 3.05) is 13.2 Å². The Morgan fingerprint density at radius 1 is 1.62 bits per heavy atom. The van der Waals surface area contributed by atoms with E-state index in [9.17, 15) is 9.18 Å². The van der Waals surface area contributed by atoms with Crippen LogP contribution in [0.15, 0.2) is 23.8 Å². The first-order chi connectivity index (χ1) is 10.1. The monoisotopic (exact) mass is 288 g/mol. The number of hydrogen-bond acceptors (Lipinski definition) is 3. The fraction of sp³-hybridized carbons (Fsp3) is 0.375. The molecule has 1 N–H and O–H groups in total. The molecule has 1 aliphatic heterocycles. The number of nitrogens with one attached hydrogen (secondary N) is 1. The van der Waals surface area contributed by atoms with Gasteiger partial charge in [-0.1, -0.05) is 6.07 Å². The zero-order valence-electron chi connectivity index (χ0n) is 11.9. The normalized spacial score (nSPS) is 18.3. The Morgan fingerprint density at radius 2 is 2.43 bits per heavy atom. The lowest BCUT2D eigenvalue weighted by Gasteiger charge is -2.10. The largest absolute Gasteiger partial charge is 0.376 e. The second kappa shape index (κ2) is 7.00. The van der Waals surface area contributed by atoms with Gasteiger partial charge in [-0.2, -0.15) is 5.26 Å². The molecule has 21 heavy (non-hydrogen) atoms. The number of amides is 1. The Labute approximate surface area is 123 Å². The molecule has 1 aliphatic rings. The summed E-state index contributed by atoms with van der Waals surface area (Å²) in [6, 6.07) is 6.33. The molecule has 5 heteroatoms. The summed E-state index contributed by atoms with van der Waals surface area (Å²) in [5.41, 5.74) is 1.09. The third-order valence-electron chi connectivity index (χ3n) is 3.37. The van der Waals surface area contributed by atoms with Gasteiger partial charge in [0.1, 0.15) is 17.5 Å². The molecule has 1 fully saturated rings. The van der Waals surface area contributed by atoms with Crippen molar-refractivity contribution >= 4 is 12.0 Å². The number of hydrogen-bond donors (Lipinski definition) is 1. The van der Waals surface area contributed by atoms with E-state index < -0.39 is 5.91 Å². The van der Waals surface area contributed by atoms with E-state index in [2.05, 4.69) is 5.32 Å². The zero-order chi connectivity index (χ0) is 15.2. The number of carbonyl (C=O) groups is 1. The van der Waals surface area contributed by atoms with Crippen LogP contribution in [0.5, 0.6) is 0 Å². The maximum atomic E-state index is 13.2. The van der Waals surface area contributed by atoms with Crippen LogP contribution in [0.4, 0.5) is 4.39 Å². The van der Waals surface area contributed by atoms with Crippen LogP contribution >= 0.6 is 0 Å². The van der Waals surface area contributed by atoms with Crippen molar-refractivity contribution in [3.05, 3.63) is 40.7 Å². The average molecular weight is 288 g/mol. The molecule has 1 aromatic carbocycles. The van der Waals surface area contributed by atoms with Crippen molar-refractivity contribution in [3.8, 4) is 6.07 Å². The van der Waals surface area contributed by atoms with Gasteiger partial charge < -0.3 is 10.1 Å². The second-order valence-corrected chi connectivity index (χ2v) is 5.02. The van der Waals surface area contributed by atoms with Gasteiger partial charge in [0.15, 0.2) is 0 Å². The van der Waals surface area contributed by atoms with E-state index in [-0.39, 0.29) is 17.5 Å². The summed E-state index contributed by atoms with van der Waals surface area (Å²) in [6.45, 7) is 2.76. The zero-order valence-corrected chi connectivity index (χ0v) is 11.9. The number of halogens is 1. The molecule has 1 atom stereocenters. The van der Waals surface area contributed by atoms with E-state index in [0.29, 0.717) is 17.7 Å². The van der Waals surface area contributed by atoms with Crippen molar-refractivity contribution < 1.29 is 13.9 Å². The topological polar surface area (TPSA) is 62.1 Å². The number of rotatable bonds is 4. The molecule has 0 aliphatic carbocycles. The van der Waals surface area contributed by atoms with E-state index >= 15 is 0 Å². The molecule has 0 bridgehead atoms. The van der Waals surface area contributed by atoms with Crippen molar-refractivity contribution in [3.63, 3.8) is 0 Å². The van der Waals surface area contributed by atoms with Gasteiger partial charge in [0.2, 0.25) is 0 Å². The molecule has 0 aromatic heterocycles. The first-order valence-corrected chi connectivity index (χ1v) is 6.88. The van der Waals surface area contributed by atoms with Crippen LogP contribution in [0.2, 0.25) is 0 Å². The molecule has 1 saturated heterocycles. The molecule has 0 spiro atoms. The van der Waals surface area contributed by atoms with Crippen molar-refractivity contribution in [2.45, 2.75) is 25.9 Å². The van der Waals surface area contributed by atoms with Gasteiger partial charge in [-0.3, -0.25) is 4.79 Å². The van der Waals surface area contributed by atoms with Gasteiger partial charge in [0.05, 0.1) is 6.10 Å². The number of carbonyl (C=O) groups excluding carboxylic acids is 1. The van der Waals surface area contributed by atoms with E-state index in [1.165, 1.54) is 18.2 Å². The maximum Gasteiger partial charge on any atom is 0.262 e. The average Bonchev–Trinajstić information content (AvgIpc) is 2.99. The molecule has 1 unspecified atom stereocenters. The van der Waals surface area contributed by atoms with Crippen LogP contribution in [0, 0.1) is 24.1 Å². The number of benzene rings is 1. The van der Waals surface area contributed by atoms with Gasteiger partial charge in [0, 0.05) is 13.2 Å². The van der Waals surface area contributed by atoms with Crippen molar-refractivity contribution in [1.29, 1.82) is 5.26 Å². The van der Waals surface area contributed by atoms with E-state index in [1.807, 2.05) is 6.07 Å². The van der Waals surface area contributed by atoms with Gasteiger partial charge in [-0.15, -0.1) is 0 Å². The maximum absolute atomic E-state index is 13.2. The van der Waals surface area contributed by atoms with Crippen LogP contribution in [-0.2, 0) is 9.53 Å². The number of nitriles is 1. The third kappa shape index (κ3) is 4.14. The Hall–Kier alpha value is -2.19. The standard InChI is InChI=1S/C16H17FN2O2/c1-11-7-12(4-5-15(11)17)8-13(9-18)16(20)19-10-14-3-2-6-21-14/h4-5,7-8,14H,2-3,6,10H2,1H3,(H,19,20)/b13-8+. The van der Waals surface area contributed by atoms with Crippen LogP contribution in [-0.4, -0.2) is 25.2 Å². The highest BCUT2D eigenvalue weighted by Gasteiger charge is 2.17. The molecule has 1 aromatic rings. The Balaban J connectivity index is 2.03. The van der Waals surface area contributed by atoms with E-state index in [1.54, 1.807) is 13.0 Å². The highest BCUT2D eigenvalue weighted by atomic mass is 19.1. The minimum absolute atomic E-state index is 0.000921. The van der Waals surface area contributed by atoms with Crippen LogP contribution in [0.25, 0.3) is 6.08 Å². The summed E-state index contributed by atoms with van der Waals surface area (Å²) in [7, 11) is 0. The van der Waals surface area contributed by atoms with Gasteiger partial charge in [0.25, 0.3) is 5.91 Å². The number of ether oxygens (including phenoxy) is 1. The molecule has 4 nitrogen and oxygen atoms in total. The highest BCUT2D eigenvalue weighted by Crippen LogP contribution is 2.13. The molecule has 0 radical (unpaired) electrons. The Bertz CT molecular complexity index is 599. The summed E-state index contributed by atoms with van der Waals surface area (Å²) in [4.78, 5) is 12.0. The summed E-state index contributed by atoms with van der Waals surface area (Å²) in [6.07, 6.45) is 3.40. The van der Waals surface area contributed by atoms with Crippen molar-refractivity contribution in [1.82, 2.24) is 5.32 Å². The minimum atomic E-state index is -0.435. The first-order valence-electron chi connectivity index (χ1n) is 6.88. The molecule has 1 heterocycles. The SMILES string of the molecule is Cc1cc(/C=C(\C#N)C(=O)NCC2CCCO2)ccc1F. The number of nitrogens with zero attached hydrogens (tertiary/aromatic N) is 1. The number of aryl methyl sites for hydroxylation is 1. The highest BCUT2D eigenvalue weighted by molar-refractivity contribution is 6.01. The van der Waals surface area contributed by atoms with Crippen molar-refractivity contribution in [2.24, 2.45) is 0 Å². The summed E-state index contributed by atoms with van der Waals surface area (Å²) >= 11 is 0. The van der Waals surface area contributed by atoms with Crippen LogP contribution in [0.3, 0.4) is 0 Å². The summed E-state index contributed by atoms with van der Waals surface area (Å²) < 4.78 is 18.6. The van der Waals surface area contributed by atoms with Crippen LogP contribution in [0.1, 0.15) is 24.0 Å². The predicted octanol–water partition coefficient (Wildman–Crippen LogP) is 2.34. The van der Waals surface area contributed by atoms with E-state index in [0.717, 1.165) is 19.4 Å². The lowest BCUT2D eigenvalue weighted by Crippen LogP contribution is -2.32. The van der Waals surface area contributed by atoms with Crippen LogP contribution < -0.4 is 5.32 Å². The van der Waals surface area contributed by atoms with E-state index in [4.69, 9.17) is 10.00 Å². The minimum Gasteiger partial charge on any atom is -0.376 e. The summed E-state index contributed by atoms with van der Waals surface area (Å²) in [5.74, 6) is -0.747. The lowest BCUT2D eigenvalue weighted by molar-refractivity contribution is -0.117. The second-order valence-electron chi connectivity index (χ2n) is 5.02. The molecule has 1 amide bonds. The molecule has 0 saturated carbocycles. The van der Waals surface area contributed by atoms with Gasteiger partial charge >= 0.3 is 0 Å².